The first-order valence-electron chi connectivity index (χ1n) is 4.63. The first-order valence-corrected chi connectivity index (χ1v) is 4.63. The first-order chi connectivity index (χ1) is 5.61. The zero-order chi connectivity index (χ0) is 9.14. The monoisotopic (exact) mass is 177 g/mol. The number of alkyl halides is 2. The summed E-state index contributed by atoms with van der Waals surface area (Å²) in [6.45, 7) is 4.98. The molecule has 3 heteroatoms. The van der Waals surface area contributed by atoms with Gasteiger partial charge >= 0.3 is 0 Å². The van der Waals surface area contributed by atoms with Gasteiger partial charge in [-0.15, -0.1) is 0 Å². The van der Waals surface area contributed by atoms with Gasteiger partial charge in [-0.1, -0.05) is 6.92 Å². The molecule has 2 atom stereocenters. The molecule has 1 aliphatic heterocycles. The summed E-state index contributed by atoms with van der Waals surface area (Å²) in [5.74, 6) is 0.567. The van der Waals surface area contributed by atoms with Crippen LogP contribution in [0.4, 0.5) is 8.78 Å². The van der Waals surface area contributed by atoms with Gasteiger partial charge in [0.25, 0.3) is 6.43 Å². The van der Waals surface area contributed by atoms with Crippen LogP contribution in [0.15, 0.2) is 0 Å². The number of rotatable bonds is 2. The highest BCUT2D eigenvalue weighted by Crippen LogP contribution is 2.23. The lowest BCUT2D eigenvalue weighted by molar-refractivity contribution is 0.0361. The fourth-order valence-electron chi connectivity index (χ4n) is 1.86. The molecule has 0 aromatic heterocycles. The van der Waals surface area contributed by atoms with Crippen LogP contribution >= 0.6 is 0 Å². The predicted octanol–water partition coefficient (Wildman–Crippen LogP) is 2.37. The van der Waals surface area contributed by atoms with Crippen molar-refractivity contribution >= 4 is 0 Å². The van der Waals surface area contributed by atoms with Gasteiger partial charge in [0, 0.05) is 6.04 Å². The van der Waals surface area contributed by atoms with E-state index in [1.165, 1.54) is 6.42 Å². The lowest BCUT2D eigenvalue weighted by atomic mass is 9.92. The van der Waals surface area contributed by atoms with Gasteiger partial charge in [0.1, 0.15) is 0 Å². The summed E-state index contributed by atoms with van der Waals surface area (Å²) in [7, 11) is 0. The molecule has 1 rings (SSSR count). The van der Waals surface area contributed by atoms with Gasteiger partial charge in [0.2, 0.25) is 0 Å². The molecule has 0 N–H and O–H groups in total. The van der Waals surface area contributed by atoms with E-state index in [1.807, 2.05) is 11.8 Å². The molecule has 0 unspecified atom stereocenters. The van der Waals surface area contributed by atoms with E-state index in [-0.39, 0.29) is 6.54 Å². The highest BCUT2D eigenvalue weighted by molar-refractivity contribution is 4.78. The van der Waals surface area contributed by atoms with Crippen molar-refractivity contribution in [2.75, 3.05) is 13.1 Å². The maximum atomic E-state index is 12.1. The minimum Gasteiger partial charge on any atom is -0.295 e. The van der Waals surface area contributed by atoms with Gasteiger partial charge in [-0.3, -0.25) is 4.90 Å². The van der Waals surface area contributed by atoms with Gasteiger partial charge in [-0.05, 0) is 32.2 Å². The largest absolute Gasteiger partial charge is 0.295 e. The molecular formula is C9H17F2N. The van der Waals surface area contributed by atoms with E-state index in [2.05, 4.69) is 6.92 Å². The molecule has 0 amide bonds. The molecule has 0 aliphatic carbocycles. The molecular weight excluding hydrogens is 160 g/mol. The smallest absolute Gasteiger partial charge is 0.251 e. The third-order valence-corrected chi connectivity index (χ3v) is 2.88. The lowest BCUT2D eigenvalue weighted by Gasteiger charge is -2.37. The van der Waals surface area contributed by atoms with Gasteiger partial charge in [-0.2, -0.15) is 0 Å². The fraction of sp³-hybridized carbons (Fsp3) is 1.00. The number of hydrogen-bond donors (Lipinski definition) is 0. The number of hydrogen-bond acceptors (Lipinski definition) is 1. The molecule has 1 saturated heterocycles. The lowest BCUT2D eigenvalue weighted by Crippen LogP contribution is -2.44. The number of likely N-dealkylation sites (tertiary alicyclic amines) is 1. The maximum absolute atomic E-state index is 12.1. The summed E-state index contributed by atoms with van der Waals surface area (Å²) < 4.78 is 24.2. The van der Waals surface area contributed by atoms with Gasteiger partial charge < -0.3 is 0 Å². The molecule has 0 aromatic rings. The van der Waals surface area contributed by atoms with Gasteiger partial charge in [-0.25, -0.2) is 8.78 Å². The molecule has 1 heterocycles. The summed E-state index contributed by atoms with van der Waals surface area (Å²) in [5.41, 5.74) is 0. The van der Waals surface area contributed by atoms with Crippen LogP contribution in [0.5, 0.6) is 0 Å². The molecule has 1 fully saturated rings. The first kappa shape index (κ1) is 9.90. The van der Waals surface area contributed by atoms with Crippen molar-refractivity contribution in [1.29, 1.82) is 0 Å². The molecule has 1 nitrogen and oxygen atoms in total. The molecule has 0 bridgehead atoms. The van der Waals surface area contributed by atoms with Crippen LogP contribution in [0.2, 0.25) is 0 Å². The van der Waals surface area contributed by atoms with Crippen molar-refractivity contribution in [2.45, 2.75) is 39.2 Å². The van der Waals surface area contributed by atoms with Crippen molar-refractivity contribution in [3.63, 3.8) is 0 Å². The molecule has 0 aromatic carbocycles. The minimum absolute atomic E-state index is 0.0501. The van der Waals surface area contributed by atoms with Crippen LogP contribution in [0, 0.1) is 5.92 Å². The Morgan fingerprint density at radius 3 is 2.67 bits per heavy atom. The topological polar surface area (TPSA) is 3.24 Å². The highest BCUT2D eigenvalue weighted by Gasteiger charge is 2.26. The van der Waals surface area contributed by atoms with Gasteiger partial charge in [0.15, 0.2) is 0 Å². The van der Waals surface area contributed by atoms with Crippen LogP contribution in [0.1, 0.15) is 26.7 Å². The molecule has 0 spiro atoms. The van der Waals surface area contributed by atoms with Crippen LogP contribution in [0.3, 0.4) is 0 Å². The van der Waals surface area contributed by atoms with E-state index in [0.717, 1.165) is 13.0 Å². The second-order valence-electron chi connectivity index (χ2n) is 3.75. The normalized spacial score (nSPS) is 32.8. The van der Waals surface area contributed by atoms with Crippen molar-refractivity contribution in [3.8, 4) is 0 Å². The van der Waals surface area contributed by atoms with Crippen LogP contribution in [-0.4, -0.2) is 30.5 Å². The third kappa shape index (κ3) is 2.41. The fourth-order valence-corrected chi connectivity index (χ4v) is 1.86. The predicted molar refractivity (Wildman–Crippen MR) is 45.4 cm³/mol. The second kappa shape index (κ2) is 4.17. The van der Waals surface area contributed by atoms with E-state index >= 15 is 0 Å². The maximum Gasteiger partial charge on any atom is 0.251 e. The summed E-state index contributed by atoms with van der Waals surface area (Å²) in [5, 5.41) is 0. The summed E-state index contributed by atoms with van der Waals surface area (Å²) >= 11 is 0. The Labute approximate surface area is 72.7 Å². The number of nitrogens with zero attached hydrogens (tertiary/aromatic N) is 1. The average molecular weight is 177 g/mol. The Morgan fingerprint density at radius 2 is 2.08 bits per heavy atom. The second-order valence-corrected chi connectivity index (χ2v) is 3.75. The zero-order valence-electron chi connectivity index (χ0n) is 7.76. The molecule has 0 radical (unpaired) electrons. The SMILES string of the molecule is C[C@@H]1CCCN(CC(F)F)[C@H]1C. The van der Waals surface area contributed by atoms with Crippen LogP contribution < -0.4 is 0 Å². The Kier molecular flexibility index (Phi) is 3.44. The number of piperidine rings is 1. The summed E-state index contributed by atoms with van der Waals surface area (Å²) in [6.07, 6.45) is 0.0665. The van der Waals surface area contributed by atoms with Crippen molar-refractivity contribution < 1.29 is 8.78 Å². The molecule has 1 aliphatic rings. The van der Waals surface area contributed by atoms with E-state index in [1.54, 1.807) is 0 Å². The highest BCUT2D eigenvalue weighted by atomic mass is 19.3. The van der Waals surface area contributed by atoms with E-state index in [9.17, 15) is 8.78 Å². The van der Waals surface area contributed by atoms with Crippen molar-refractivity contribution in [2.24, 2.45) is 5.92 Å². The Balaban J connectivity index is 2.41. The zero-order valence-corrected chi connectivity index (χ0v) is 7.76. The van der Waals surface area contributed by atoms with Gasteiger partial charge in [0.05, 0.1) is 6.54 Å². The molecule has 12 heavy (non-hydrogen) atoms. The molecule has 72 valence electrons. The molecule has 0 saturated carbocycles. The Bertz CT molecular complexity index is 138. The van der Waals surface area contributed by atoms with E-state index < -0.39 is 6.43 Å². The summed E-state index contributed by atoms with van der Waals surface area (Å²) in [4.78, 5) is 1.90. The van der Waals surface area contributed by atoms with Crippen LogP contribution in [-0.2, 0) is 0 Å². The van der Waals surface area contributed by atoms with Crippen molar-refractivity contribution in [1.82, 2.24) is 4.90 Å². The minimum atomic E-state index is -2.18. The summed E-state index contributed by atoms with van der Waals surface area (Å²) in [6, 6.07) is 0.327. The van der Waals surface area contributed by atoms with Crippen LogP contribution in [0.25, 0.3) is 0 Å². The Morgan fingerprint density at radius 1 is 1.42 bits per heavy atom. The van der Waals surface area contributed by atoms with E-state index in [0.29, 0.717) is 12.0 Å². The third-order valence-electron chi connectivity index (χ3n) is 2.88. The number of halogens is 2. The Hall–Kier alpha value is -0.180. The standard InChI is InChI=1S/C9H17F2N/c1-7-4-3-5-12(8(7)2)6-9(10)11/h7-9H,3-6H2,1-2H3/t7-,8+/m1/s1. The quantitative estimate of drug-likeness (QED) is 0.626. The van der Waals surface area contributed by atoms with E-state index in [4.69, 9.17) is 0 Å². The van der Waals surface area contributed by atoms with Crippen molar-refractivity contribution in [3.05, 3.63) is 0 Å². The average Bonchev–Trinajstić information content (AvgIpc) is 1.98.